The molecular formula is C27H29BrN2O2S. The summed E-state index contributed by atoms with van der Waals surface area (Å²) in [6.07, 6.45) is 5.28. The molecular weight excluding hydrogens is 496 g/mol. The first-order valence-corrected chi connectivity index (χ1v) is 13.7. The fraction of sp³-hybridized carbons (Fsp3) is 0.481. The van der Waals surface area contributed by atoms with Gasteiger partial charge in [0.2, 0.25) is 0 Å². The summed E-state index contributed by atoms with van der Waals surface area (Å²) >= 11 is 5.46. The average molecular weight is 526 g/mol. The molecule has 3 aliphatic carbocycles. The summed E-state index contributed by atoms with van der Waals surface area (Å²) in [4.78, 5) is 18.0. The SMILES string of the molecule is COc1cc2c(c3sc(NCc4ccccc4)nc13)[C@H]1CC[C@]3(C)C(=O)[C@H](Br)C[C@H]3[C@@H]1CC2. The molecule has 3 aliphatic rings. The van der Waals surface area contributed by atoms with Gasteiger partial charge in [0.05, 0.1) is 16.6 Å². The highest BCUT2D eigenvalue weighted by Crippen LogP contribution is 2.61. The van der Waals surface area contributed by atoms with Gasteiger partial charge in [0.1, 0.15) is 11.3 Å². The van der Waals surface area contributed by atoms with E-state index in [9.17, 15) is 4.79 Å². The molecule has 0 bridgehead atoms. The number of hydrogen-bond acceptors (Lipinski definition) is 5. The number of anilines is 1. The Morgan fingerprint density at radius 2 is 2.09 bits per heavy atom. The van der Waals surface area contributed by atoms with Gasteiger partial charge in [-0.25, -0.2) is 4.98 Å². The van der Waals surface area contributed by atoms with E-state index in [1.54, 1.807) is 18.4 Å². The van der Waals surface area contributed by atoms with Gasteiger partial charge in [0.25, 0.3) is 0 Å². The maximum atomic E-state index is 13.0. The van der Waals surface area contributed by atoms with Crippen molar-refractivity contribution in [2.75, 3.05) is 12.4 Å². The van der Waals surface area contributed by atoms with Crippen LogP contribution in [0.5, 0.6) is 5.75 Å². The van der Waals surface area contributed by atoms with Crippen molar-refractivity contribution in [2.24, 2.45) is 17.3 Å². The van der Waals surface area contributed by atoms with Crippen molar-refractivity contribution in [2.45, 2.75) is 56.3 Å². The Balaban J connectivity index is 1.39. The third-order valence-corrected chi connectivity index (χ3v) is 10.4. The van der Waals surface area contributed by atoms with E-state index in [-0.39, 0.29) is 10.2 Å². The number of halogens is 1. The van der Waals surface area contributed by atoms with Crippen LogP contribution in [-0.4, -0.2) is 22.7 Å². The van der Waals surface area contributed by atoms with Crippen LogP contribution in [0.2, 0.25) is 0 Å². The van der Waals surface area contributed by atoms with E-state index in [0.717, 1.165) is 55.0 Å². The van der Waals surface area contributed by atoms with E-state index < -0.39 is 0 Å². The molecule has 6 rings (SSSR count). The summed E-state index contributed by atoms with van der Waals surface area (Å²) in [6.45, 7) is 2.99. The second kappa shape index (κ2) is 8.09. The van der Waals surface area contributed by atoms with Crippen molar-refractivity contribution in [3.05, 3.63) is 53.1 Å². The van der Waals surface area contributed by atoms with Gasteiger partial charge in [-0.1, -0.05) is 64.5 Å². The van der Waals surface area contributed by atoms with E-state index >= 15 is 0 Å². The van der Waals surface area contributed by atoms with Crippen LogP contribution in [0.4, 0.5) is 5.13 Å². The molecule has 0 spiro atoms. The van der Waals surface area contributed by atoms with Crippen LogP contribution in [0, 0.1) is 17.3 Å². The number of nitrogens with zero attached hydrogens (tertiary/aromatic N) is 1. The second-order valence-corrected chi connectivity index (χ2v) is 12.2. The summed E-state index contributed by atoms with van der Waals surface area (Å²) in [5.74, 6) is 2.86. The van der Waals surface area contributed by atoms with Gasteiger partial charge in [0.15, 0.2) is 10.9 Å². The van der Waals surface area contributed by atoms with Crippen LogP contribution in [0.1, 0.15) is 55.2 Å². The molecule has 0 saturated heterocycles. The standard InChI is InChI=1S/C27H29BrN2O2S/c1-27-11-10-18-17(19(27)13-20(28)25(27)31)9-8-16-12-21(32-2)23-24(22(16)18)33-26(30-23)29-14-15-6-4-3-5-7-15/h3-7,12,17-20H,8-11,13-14H2,1-2H3,(H,29,30)/t17-,18+,19+,20-,27+/m1/s1. The molecule has 2 aromatic carbocycles. The number of alkyl halides is 1. The third kappa shape index (κ3) is 3.35. The lowest BCUT2D eigenvalue weighted by Crippen LogP contribution is -2.42. The lowest BCUT2D eigenvalue weighted by Gasteiger charge is -2.48. The van der Waals surface area contributed by atoms with Gasteiger partial charge in [-0.05, 0) is 72.6 Å². The number of carbonyl (C=O) groups is 1. The molecule has 1 heterocycles. The second-order valence-electron chi connectivity index (χ2n) is 10.1. The maximum absolute atomic E-state index is 13.0. The summed E-state index contributed by atoms with van der Waals surface area (Å²) in [7, 11) is 1.75. The molecule has 0 unspecified atom stereocenters. The Hall–Kier alpha value is -1.92. The van der Waals surface area contributed by atoms with Crippen LogP contribution >= 0.6 is 27.3 Å². The lowest BCUT2D eigenvalue weighted by molar-refractivity contribution is -0.128. The van der Waals surface area contributed by atoms with Gasteiger partial charge in [-0.3, -0.25) is 4.79 Å². The van der Waals surface area contributed by atoms with E-state index in [2.05, 4.69) is 58.5 Å². The van der Waals surface area contributed by atoms with Crippen molar-refractivity contribution < 1.29 is 9.53 Å². The summed E-state index contributed by atoms with van der Waals surface area (Å²) in [5.41, 5.74) is 4.97. The molecule has 1 N–H and O–H groups in total. The zero-order valence-corrected chi connectivity index (χ0v) is 21.5. The van der Waals surface area contributed by atoms with Crippen LogP contribution in [-0.2, 0) is 17.8 Å². The highest BCUT2D eigenvalue weighted by atomic mass is 79.9. The molecule has 0 aliphatic heterocycles. The highest BCUT2D eigenvalue weighted by Gasteiger charge is 2.57. The average Bonchev–Trinajstić information content (AvgIpc) is 3.37. The predicted octanol–water partition coefficient (Wildman–Crippen LogP) is 6.72. The minimum absolute atomic E-state index is 0.0285. The molecule has 33 heavy (non-hydrogen) atoms. The third-order valence-electron chi connectivity index (χ3n) is 8.52. The van der Waals surface area contributed by atoms with E-state index in [4.69, 9.17) is 9.72 Å². The number of fused-ring (bicyclic) bond motifs is 7. The topological polar surface area (TPSA) is 51.2 Å². The number of ether oxygens (including phenoxy) is 1. The van der Waals surface area contributed by atoms with Gasteiger partial charge < -0.3 is 10.1 Å². The number of Topliss-reactive ketones (excluding diaryl/α,β-unsaturated/α-hetero) is 1. The van der Waals surface area contributed by atoms with Gasteiger partial charge in [0, 0.05) is 12.0 Å². The van der Waals surface area contributed by atoms with Gasteiger partial charge >= 0.3 is 0 Å². The van der Waals surface area contributed by atoms with E-state index in [1.807, 2.05) is 6.07 Å². The molecule has 5 atom stereocenters. The van der Waals surface area contributed by atoms with Crippen molar-refractivity contribution in [1.29, 1.82) is 0 Å². The van der Waals surface area contributed by atoms with Crippen LogP contribution in [0.3, 0.4) is 0 Å². The number of ketones is 1. The minimum Gasteiger partial charge on any atom is -0.494 e. The van der Waals surface area contributed by atoms with Crippen molar-refractivity contribution in [1.82, 2.24) is 4.98 Å². The number of aryl methyl sites for hydroxylation is 1. The molecule has 1 aromatic heterocycles. The molecule has 6 heteroatoms. The molecule has 2 saturated carbocycles. The van der Waals surface area contributed by atoms with E-state index in [0.29, 0.717) is 23.5 Å². The number of carbonyl (C=O) groups excluding carboxylic acids is 1. The fourth-order valence-electron chi connectivity index (χ4n) is 6.86. The fourth-order valence-corrected chi connectivity index (χ4v) is 8.89. The first-order valence-electron chi connectivity index (χ1n) is 12.0. The number of aromatic nitrogens is 1. The Kier molecular flexibility index (Phi) is 5.29. The Labute approximate surface area is 207 Å². The number of thiazole rings is 1. The Morgan fingerprint density at radius 3 is 2.88 bits per heavy atom. The van der Waals surface area contributed by atoms with Crippen LogP contribution in [0.25, 0.3) is 10.2 Å². The normalized spacial score (nSPS) is 30.6. The number of nitrogens with one attached hydrogen (secondary N) is 1. The number of hydrogen-bond donors (Lipinski definition) is 1. The van der Waals surface area contributed by atoms with Crippen LogP contribution < -0.4 is 10.1 Å². The Bertz CT molecular complexity index is 1230. The minimum atomic E-state index is -0.158. The largest absolute Gasteiger partial charge is 0.494 e. The maximum Gasteiger partial charge on any atom is 0.184 e. The van der Waals surface area contributed by atoms with Gasteiger partial charge in [-0.2, -0.15) is 0 Å². The van der Waals surface area contributed by atoms with Crippen LogP contribution in [0.15, 0.2) is 36.4 Å². The smallest absolute Gasteiger partial charge is 0.184 e. The summed E-state index contributed by atoms with van der Waals surface area (Å²) in [5, 5.41) is 4.48. The number of rotatable bonds is 4. The van der Waals surface area contributed by atoms with E-state index in [1.165, 1.54) is 21.4 Å². The predicted molar refractivity (Wildman–Crippen MR) is 138 cm³/mol. The zero-order valence-electron chi connectivity index (χ0n) is 19.1. The molecule has 0 radical (unpaired) electrons. The Morgan fingerprint density at radius 1 is 1.27 bits per heavy atom. The molecule has 172 valence electrons. The number of methoxy groups -OCH3 is 1. The summed E-state index contributed by atoms with van der Waals surface area (Å²) in [6, 6.07) is 12.7. The zero-order chi connectivity index (χ0) is 22.7. The van der Waals surface area contributed by atoms with Crippen molar-refractivity contribution >= 4 is 48.4 Å². The quantitative estimate of drug-likeness (QED) is 0.385. The number of benzene rings is 2. The lowest BCUT2D eigenvalue weighted by atomic mass is 9.55. The molecule has 0 amide bonds. The first kappa shape index (κ1) is 21.6. The van der Waals surface area contributed by atoms with Crippen molar-refractivity contribution in [3.8, 4) is 5.75 Å². The van der Waals surface area contributed by atoms with Gasteiger partial charge in [-0.15, -0.1) is 0 Å². The molecule has 4 nitrogen and oxygen atoms in total. The summed E-state index contributed by atoms with van der Waals surface area (Å²) < 4.78 is 7.06. The highest BCUT2D eigenvalue weighted by molar-refractivity contribution is 9.10. The molecule has 3 aromatic rings. The monoisotopic (exact) mass is 524 g/mol. The molecule has 2 fully saturated rings. The van der Waals surface area contributed by atoms with Crippen molar-refractivity contribution in [3.63, 3.8) is 0 Å². The first-order chi connectivity index (χ1) is 16.0.